The molecule has 0 saturated heterocycles. The maximum Gasteiger partial charge on any atom is 0.306 e. The topological polar surface area (TPSA) is 136 Å². The van der Waals surface area contributed by atoms with Crippen molar-refractivity contribution in [2.75, 3.05) is 26.4 Å². The van der Waals surface area contributed by atoms with Crippen LogP contribution in [0, 0.1) is 0 Å². The summed E-state index contributed by atoms with van der Waals surface area (Å²) in [5.41, 5.74) is 0. The van der Waals surface area contributed by atoms with Gasteiger partial charge in [0.05, 0.1) is 45.5 Å². The van der Waals surface area contributed by atoms with E-state index in [1.54, 1.807) is 0 Å². The van der Waals surface area contributed by atoms with Gasteiger partial charge in [-0.3, -0.25) is 19.2 Å². The highest BCUT2D eigenvalue weighted by Crippen LogP contribution is 2.00. The number of carbonyl (C=O) groups excluding carboxylic acids is 3. The van der Waals surface area contributed by atoms with E-state index in [4.69, 9.17) is 24.4 Å². The zero-order valence-electron chi connectivity index (χ0n) is 14.2. The van der Waals surface area contributed by atoms with Gasteiger partial charge in [-0.2, -0.15) is 0 Å². The molecular formula is C16H26O9. The molecule has 2 N–H and O–H groups in total. The fraction of sp³-hybridized carbons (Fsp3) is 0.750. The molecule has 9 nitrogen and oxygen atoms in total. The summed E-state index contributed by atoms with van der Waals surface area (Å²) in [6, 6.07) is 0. The van der Waals surface area contributed by atoms with Gasteiger partial charge in [0.25, 0.3) is 0 Å². The summed E-state index contributed by atoms with van der Waals surface area (Å²) in [5.74, 6) is -2.62. The van der Waals surface area contributed by atoms with Gasteiger partial charge in [-0.1, -0.05) is 0 Å². The fourth-order valence-corrected chi connectivity index (χ4v) is 1.61. The standard InChI is InChI=1S/C16H26O9/c17-9-1-2-10-23-15(21)7-8-16(22)25-12-4-3-11-24-14(20)6-5-13(18)19/h17H,1-12H2,(H,18,19). The van der Waals surface area contributed by atoms with Crippen LogP contribution < -0.4 is 0 Å². The minimum atomic E-state index is -1.06. The van der Waals surface area contributed by atoms with E-state index in [2.05, 4.69) is 0 Å². The molecule has 0 aromatic rings. The molecule has 9 heteroatoms. The molecule has 0 atom stereocenters. The number of aliphatic hydroxyl groups excluding tert-OH is 1. The van der Waals surface area contributed by atoms with Crippen LogP contribution in [-0.4, -0.2) is 60.5 Å². The number of carbonyl (C=O) groups is 4. The largest absolute Gasteiger partial charge is 0.481 e. The first-order valence-electron chi connectivity index (χ1n) is 8.25. The minimum Gasteiger partial charge on any atom is -0.481 e. The lowest BCUT2D eigenvalue weighted by Crippen LogP contribution is -2.12. The third kappa shape index (κ3) is 16.5. The van der Waals surface area contributed by atoms with Crippen molar-refractivity contribution in [2.24, 2.45) is 0 Å². The van der Waals surface area contributed by atoms with Crippen LogP contribution in [0.3, 0.4) is 0 Å². The van der Waals surface area contributed by atoms with E-state index >= 15 is 0 Å². The molecule has 0 unspecified atom stereocenters. The summed E-state index contributed by atoms with van der Waals surface area (Å²) < 4.78 is 14.6. The highest BCUT2D eigenvalue weighted by Gasteiger charge is 2.09. The number of rotatable bonds is 15. The Morgan fingerprint density at radius 1 is 0.600 bits per heavy atom. The molecule has 0 amide bonds. The van der Waals surface area contributed by atoms with Crippen molar-refractivity contribution >= 4 is 23.9 Å². The minimum absolute atomic E-state index is 0.0470. The molecule has 0 rings (SSSR count). The number of esters is 3. The second-order valence-corrected chi connectivity index (χ2v) is 5.19. The van der Waals surface area contributed by atoms with Crippen molar-refractivity contribution in [3.05, 3.63) is 0 Å². The van der Waals surface area contributed by atoms with Crippen LogP contribution in [-0.2, 0) is 33.4 Å². The molecule has 0 aliphatic heterocycles. The normalized spacial score (nSPS) is 10.1. The summed E-state index contributed by atoms with van der Waals surface area (Å²) in [7, 11) is 0. The van der Waals surface area contributed by atoms with E-state index < -0.39 is 23.9 Å². The highest BCUT2D eigenvalue weighted by molar-refractivity contribution is 5.77. The predicted molar refractivity (Wildman–Crippen MR) is 84.5 cm³/mol. The number of hydrogen-bond donors (Lipinski definition) is 2. The smallest absolute Gasteiger partial charge is 0.306 e. The van der Waals surface area contributed by atoms with E-state index in [1.807, 2.05) is 0 Å². The van der Waals surface area contributed by atoms with Gasteiger partial charge in [-0.05, 0) is 25.7 Å². The summed E-state index contributed by atoms with van der Waals surface area (Å²) >= 11 is 0. The van der Waals surface area contributed by atoms with Crippen LogP contribution in [0.1, 0.15) is 51.4 Å². The number of unbranched alkanes of at least 4 members (excludes halogenated alkanes) is 2. The van der Waals surface area contributed by atoms with Crippen molar-refractivity contribution in [1.82, 2.24) is 0 Å². The Hall–Kier alpha value is -2.16. The van der Waals surface area contributed by atoms with Gasteiger partial charge in [-0.15, -0.1) is 0 Å². The Balaban J connectivity index is 3.47. The molecular weight excluding hydrogens is 336 g/mol. The van der Waals surface area contributed by atoms with Gasteiger partial charge in [0, 0.05) is 6.61 Å². The first-order valence-corrected chi connectivity index (χ1v) is 8.25. The Bertz CT molecular complexity index is 420. The molecule has 0 bridgehead atoms. The van der Waals surface area contributed by atoms with E-state index in [-0.39, 0.29) is 52.1 Å². The number of carboxylic acids is 1. The Labute approximate surface area is 146 Å². The average Bonchev–Trinajstić information content (AvgIpc) is 2.58. The van der Waals surface area contributed by atoms with E-state index in [1.165, 1.54) is 0 Å². The number of carboxylic acid groups (broad SMARTS) is 1. The summed E-state index contributed by atoms with van der Waals surface area (Å²) in [5, 5.41) is 17.0. The summed E-state index contributed by atoms with van der Waals surface area (Å²) in [6.45, 7) is 0.554. The van der Waals surface area contributed by atoms with Crippen molar-refractivity contribution in [2.45, 2.75) is 51.4 Å². The molecule has 0 aromatic heterocycles. The maximum atomic E-state index is 11.4. The van der Waals surface area contributed by atoms with Crippen LogP contribution in [0.4, 0.5) is 0 Å². The van der Waals surface area contributed by atoms with Crippen LogP contribution in [0.2, 0.25) is 0 Å². The van der Waals surface area contributed by atoms with Crippen LogP contribution in [0.5, 0.6) is 0 Å². The van der Waals surface area contributed by atoms with Crippen molar-refractivity contribution < 1.29 is 43.6 Å². The first kappa shape index (κ1) is 22.8. The van der Waals surface area contributed by atoms with E-state index in [9.17, 15) is 19.2 Å². The monoisotopic (exact) mass is 362 g/mol. The van der Waals surface area contributed by atoms with Gasteiger partial charge in [0.1, 0.15) is 0 Å². The molecule has 0 aromatic carbocycles. The maximum absolute atomic E-state index is 11.4. The van der Waals surface area contributed by atoms with Gasteiger partial charge < -0.3 is 24.4 Å². The van der Waals surface area contributed by atoms with Crippen LogP contribution in [0.15, 0.2) is 0 Å². The van der Waals surface area contributed by atoms with Crippen LogP contribution in [0.25, 0.3) is 0 Å². The Kier molecular flexibility index (Phi) is 14.0. The molecule has 25 heavy (non-hydrogen) atoms. The number of aliphatic hydroxyl groups is 1. The molecule has 0 aliphatic carbocycles. The van der Waals surface area contributed by atoms with Gasteiger partial charge >= 0.3 is 23.9 Å². The van der Waals surface area contributed by atoms with Gasteiger partial charge in [-0.25, -0.2) is 0 Å². The number of ether oxygens (including phenoxy) is 3. The molecule has 0 radical (unpaired) electrons. The lowest BCUT2D eigenvalue weighted by atomic mass is 10.3. The third-order valence-electron chi connectivity index (χ3n) is 2.96. The van der Waals surface area contributed by atoms with Crippen molar-refractivity contribution in [3.63, 3.8) is 0 Å². The Morgan fingerprint density at radius 3 is 1.32 bits per heavy atom. The van der Waals surface area contributed by atoms with Gasteiger partial charge in [0.2, 0.25) is 0 Å². The second kappa shape index (κ2) is 15.4. The van der Waals surface area contributed by atoms with Crippen molar-refractivity contribution in [1.29, 1.82) is 0 Å². The van der Waals surface area contributed by atoms with Crippen LogP contribution >= 0.6 is 0 Å². The number of hydrogen-bond acceptors (Lipinski definition) is 8. The molecule has 0 spiro atoms. The highest BCUT2D eigenvalue weighted by atomic mass is 16.5. The lowest BCUT2D eigenvalue weighted by Gasteiger charge is -2.06. The zero-order valence-corrected chi connectivity index (χ0v) is 14.2. The van der Waals surface area contributed by atoms with Gasteiger partial charge in [0.15, 0.2) is 0 Å². The SMILES string of the molecule is O=C(O)CCC(=O)OCCCCOC(=O)CCC(=O)OCCCCO. The molecule has 0 saturated carbocycles. The van der Waals surface area contributed by atoms with E-state index in [0.717, 1.165) is 0 Å². The molecule has 0 fully saturated rings. The Morgan fingerprint density at radius 2 is 0.960 bits per heavy atom. The quantitative estimate of drug-likeness (QED) is 0.246. The first-order chi connectivity index (χ1) is 12.0. The molecule has 0 heterocycles. The summed E-state index contributed by atoms with van der Waals surface area (Å²) in [4.78, 5) is 44.1. The fourth-order valence-electron chi connectivity index (χ4n) is 1.61. The summed E-state index contributed by atoms with van der Waals surface area (Å²) in [6.07, 6.45) is 1.56. The molecule has 0 aliphatic rings. The van der Waals surface area contributed by atoms with E-state index in [0.29, 0.717) is 25.7 Å². The van der Waals surface area contributed by atoms with Crippen molar-refractivity contribution in [3.8, 4) is 0 Å². The zero-order chi connectivity index (χ0) is 18.9. The lowest BCUT2D eigenvalue weighted by molar-refractivity contribution is -0.150. The number of aliphatic carboxylic acids is 1. The third-order valence-corrected chi connectivity index (χ3v) is 2.96. The predicted octanol–water partition coefficient (Wildman–Crippen LogP) is 0.814. The average molecular weight is 362 g/mol. The molecule has 144 valence electrons. The second-order valence-electron chi connectivity index (χ2n) is 5.19.